The van der Waals surface area contributed by atoms with Gasteiger partial charge in [0.25, 0.3) is 0 Å². The Balaban J connectivity index is 1.46. The van der Waals surface area contributed by atoms with Crippen LogP contribution in [0.1, 0.15) is 0 Å². The third kappa shape index (κ3) is 2.61. The summed E-state index contributed by atoms with van der Waals surface area (Å²) in [4.78, 5) is 0. The Kier molecular flexibility index (Phi) is 3.66. The van der Waals surface area contributed by atoms with Gasteiger partial charge in [0.2, 0.25) is 0 Å². The van der Waals surface area contributed by atoms with Crippen LogP contribution in [0.3, 0.4) is 0 Å². The Labute approximate surface area is 200 Å². The predicted molar refractivity (Wildman–Crippen MR) is 143 cm³/mol. The lowest BCUT2D eigenvalue weighted by Crippen LogP contribution is -1.93. The molecular weight excluding hydrogens is 430 g/mol. The molecule has 3 aromatic heterocycles. The van der Waals surface area contributed by atoms with Crippen molar-refractivity contribution in [2.45, 2.75) is 0 Å². The number of furan rings is 2. The monoisotopic (exact) mass is 449 g/mol. The van der Waals surface area contributed by atoms with E-state index < -0.39 is 0 Å². The second-order valence-corrected chi connectivity index (χ2v) is 8.99. The molecule has 35 heavy (non-hydrogen) atoms. The van der Waals surface area contributed by atoms with E-state index in [2.05, 4.69) is 89.5 Å². The van der Waals surface area contributed by atoms with E-state index >= 15 is 0 Å². The van der Waals surface area contributed by atoms with Gasteiger partial charge in [-0.2, -0.15) is 0 Å². The average Bonchev–Trinajstić information content (AvgIpc) is 3.60. The summed E-state index contributed by atoms with van der Waals surface area (Å²) in [6, 6.07) is 40.0. The van der Waals surface area contributed by atoms with E-state index in [1.54, 1.807) is 0 Å². The molecule has 0 amide bonds. The van der Waals surface area contributed by atoms with Gasteiger partial charge in [-0.3, -0.25) is 0 Å². The van der Waals surface area contributed by atoms with E-state index in [0.29, 0.717) is 0 Å². The first-order chi connectivity index (χ1) is 17.3. The minimum atomic E-state index is 0.885. The highest BCUT2D eigenvalue weighted by atomic mass is 16.3. The van der Waals surface area contributed by atoms with Crippen molar-refractivity contribution < 1.29 is 8.83 Å². The third-order valence-corrected chi connectivity index (χ3v) is 7.00. The van der Waals surface area contributed by atoms with Gasteiger partial charge in [-0.25, -0.2) is 0 Å². The third-order valence-electron chi connectivity index (χ3n) is 7.00. The largest absolute Gasteiger partial charge is 0.456 e. The fraction of sp³-hybridized carbons (Fsp3) is 0. The fourth-order valence-corrected chi connectivity index (χ4v) is 5.43. The van der Waals surface area contributed by atoms with Crippen molar-refractivity contribution in [3.05, 3.63) is 115 Å². The highest BCUT2D eigenvalue weighted by Crippen LogP contribution is 2.40. The minimum Gasteiger partial charge on any atom is -0.456 e. The first kappa shape index (κ1) is 18.6. The van der Waals surface area contributed by atoms with E-state index in [4.69, 9.17) is 8.83 Å². The molecule has 3 nitrogen and oxygen atoms in total. The molecule has 0 bridgehead atoms. The van der Waals surface area contributed by atoms with Gasteiger partial charge >= 0.3 is 0 Å². The zero-order valence-corrected chi connectivity index (χ0v) is 18.7. The number of hydrogen-bond acceptors (Lipinski definition) is 2. The summed E-state index contributed by atoms with van der Waals surface area (Å²) in [7, 11) is 0. The summed E-state index contributed by atoms with van der Waals surface area (Å²) < 4.78 is 14.9. The molecule has 0 aliphatic carbocycles. The number of para-hydroxylation sites is 2. The predicted octanol–water partition coefficient (Wildman–Crippen LogP) is 9.10. The number of hydrogen-bond donors (Lipinski definition) is 0. The summed E-state index contributed by atoms with van der Waals surface area (Å²) in [6.07, 6.45) is 0. The molecule has 0 radical (unpaired) electrons. The molecular formula is C32H19NO2. The van der Waals surface area contributed by atoms with Crippen molar-refractivity contribution in [1.82, 2.24) is 4.57 Å². The zero-order valence-electron chi connectivity index (χ0n) is 18.7. The van der Waals surface area contributed by atoms with Crippen LogP contribution >= 0.6 is 0 Å². The van der Waals surface area contributed by atoms with Gasteiger partial charge in [0.1, 0.15) is 22.5 Å². The normalized spacial score (nSPS) is 12.0. The van der Waals surface area contributed by atoms with Gasteiger partial charge in [-0.15, -0.1) is 0 Å². The van der Waals surface area contributed by atoms with Gasteiger partial charge < -0.3 is 13.4 Å². The summed E-state index contributed by atoms with van der Waals surface area (Å²) in [5, 5.41) is 5.67. The van der Waals surface area contributed by atoms with Crippen molar-refractivity contribution in [1.29, 1.82) is 0 Å². The molecule has 8 rings (SSSR count). The summed E-state index contributed by atoms with van der Waals surface area (Å²) in [6.45, 7) is 0. The van der Waals surface area contributed by atoms with Gasteiger partial charge in [-0.05, 0) is 48.5 Å². The number of rotatable bonds is 2. The van der Waals surface area contributed by atoms with Gasteiger partial charge in [0.15, 0.2) is 0 Å². The van der Waals surface area contributed by atoms with Crippen LogP contribution in [-0.4, -0.2) is 4.57 Å². The molecule has 8 aromatic rings. The molecule has 5 aromatic carbocycles. The van der Waals surface area contributed by atoms with Crippen LogP contribution in [-0.2, 0) is 0 Å². The van der Waals surface area contributed by atoms with Crippen LogP contribution in [0.25, 0.3) is 71.7 Å². The maximum atomic E-state index is 6.51. The Morgan fingerprint density at radius 1 is 0.514 bits per heavy atom. The van der Waals surface area contributed by atoms with E-state index in [1.165, 1.54) is 5.39 Å². The summed E-state index contributed by atoms with van der Waals surface area (Å²) in [5.74, 6) is 0.885. The number of benzene rings is 5. The molecule has 0 aliphatic rings. The first-order valence-electron chi connectivity index (χ1n) is 11.8. The zero-order chi connectivity index (χ0) is 22.9. The Morgan fingerprint density at radius 2 is 1.29 bits per heavy atom. The van der Waals surface area contributed by atoms with Crippen LogP contribution in [0.2, 0.25) is 0 Å². The molecule has 0 unspecified atom stereocenters. The molecule has 3 heterocycles. The van der Waals surface area contributed by atoms with E-state index in [9.17, 15) is 0 Å². The SMILES string of the molecule is c1ccc(-c2cc3ccc4c(c5ccccc5n4-c4ccc5oc6ccccc6c5c4)c3o2)cc1. The standard InChI is InChI=1S/C32H19NO2/c1-2-8-20(9-3-1)30-18-21-14-16-27-31(32(21)35-30)24-11-4-6-12-26(24)33(27)22-15-17-29-25(19-22)23-10-5-7-13-28(23)34-29/h1-19H. The minimum absolute atomic E-state index is 0.885. The Hall–Kier alpha value is -4.76. The topological polar surface area (TPSA) is 31.2 Å². The Morgan fingerprint density at radius 3 is 2.20 bits per heavy atom. The van der Waals surface area contributed by atoms with Crippen molar-refractivity contribution in [2.24, 2.45) is 0 Å². The fourth-order valence-electron chi connectivity index (χ4n) is 5.43. The van der Waals surface area contributed by atoms with Crippen molar-refractivity contribution >= 4 is 54.7 Å². The first-order valence-corrected chi connectivity index (χ1v) is 11.8. The average molecular weight is 450 g/mol. The van der Waals surface area contributed by atoms with Crippen molar-refractivity contribution in [2.75, 3.05) is 0 Å². The molecule has 0 saturated carbocycles. The van der Waals surface area contributed by atoms with Gasteiger partial charge in [0.05, 0.1) is 16.4 Å². The van der Waals surface area contributed by atoms with Crippen LogP contribution < -0.4 is 0 Å². The summed E-state index contributed by atoms with van der Waals surface area (Å²) in [5.41, 5.74) is 7.19. The maximum Gasteiger partial charge on any atom is 0.144 e. The molecule has 0 aliphatic heterocycles. The lowest BCUT2D eigenvalue weighted by molar-refractivity contribution is 0.635. The van der Waals surface area contributed by atoms with Crippen LogP contribution in [0.5, 0.6) is 0 Å². The second kappa shape index (κ2) is 6.87. The van der Waals surface area contributed by atoms with Crippen molar-refractivity contribution in [3.8, 4) is 17.0 Å². The van der Waals surface area contributed by atoms with Crippen LogP contribution in [0.15, 0.2) is 124 Å². The molecule has 0 fully saturated rings. The smallest absolute Gasteiger partial charge is 0.144 e. The number of nitrogens with zero attached hydrogens (tertiary/aromatic N) is 1. The molecule has 3 heteroatoms. The highest BCUT2D eigenvalue weighted by molar-refractivity contribution is 6.20. The molecule has 0 atom stereocenters. The van der Waals surface area contributed by atoms with Crippen molar-refractivity contribution in [3.63, 3.8) is 0 Å². The number of fused-ring (bicyclic) bond motifs is 8. The highest BCUT2D eigenvalue weighted by Gasteiger charge is 2.18. The molecule has 0 spiro atoms. The van der Waals surface area contributed by atoms with E-state index in [-0.39, 0.29) is 0 Å². The summed E-state index contributed by atoms with van der Waals surface area (Å²) >= 11 is 0. The lowest BCUT2D eigenvalue weighted by atomic mass is 10.1. The Bertz CT molecular complexity index is 2050. The van der Waals surface area contributed by atoms with E-state index in [0.717, 1.165) is 66.3 Å². The second-order valence-electron chi connectivity index (χ2n) is 8.99. The molecule has 0 N–H and O–H groups in total. The van der Waals surface area contributed by atoms with Gasteiger partial charge in [-0.1, -0.05) is 66.7 Å². The van der Waals surface area contributed by atoms with Crippen LogP contribution in [0.4, 0.5) is 0 Å². The molecule has 164 valence electrons. The van der Waals surface area contributed by atoms with Crippen LogP contribution in [0, 0.1) is 0 Å². The van der Waals surface area contributed by atoms with E-state index in [1.807, 2.05) is 30.3 Å². The maximum absolute atomic E-state index is 6.51. The quantitative estimate of drug-likeness (QED) is 0.263. The number of aromatic nitrogens is 1. The molecule has 0 saturated heterocycles. The lowest BCUT2D eigenvalue weighted by Gasteiger charge is -2.08. The van der Waals surface area contributed by atoms with Gasteiger partial charge in [0, 0.05) is 32.8 Å².